The number of anilines is 1. The van der Waals surface area contributed by atoms with E-state index < -0.39 is 17.8 Å². The van der Waals surface area contributed by atoms with Gasteiger partial charge in [-0.25, -0.2) is 9.69 Å². The molecule has 0 saturated carbocycles. The number of aromatic hydroxyl groups is 1. The zero-order valence-corrected chi connectivity index (χ0v) is 16.8. The number of nitrogens with zero attached hydrogens (tertiary/aromatic N) is 1. The molecular formula is C22H22N2O6. The molecular weight excluding hydrogens is 388 g/mol. The van der Waals surface area contributed by atoms with Crippen LogP contribution in [0.4, 0.5) is 10.5 Å². The van der Waals surface area contributed by atoms with E-state index in [2.05, 4.69) is 5.32 Å². The second-order valence-electron chi connectivity index (χ2n) is 6.78. The summed E-state index contributed by atoms with van der Waals surface area (Å²) < 4.78 is 11.3. The molecule has 8 nitrogen and oxygen atoms in total. The number of ether oxygens (including phenoxy) is 2. The Balaban J connectivity index is 1.97. The number of phenolic OH excluding ortho intramolecular Hbond substituents is 1. The summed E-state index contributed by atoms with van der Waals surface area (Å²) in [6.07, 6.45) is 1.34. The minimum Gasteiger partial charge on any atom is -0.508 e. The Morgan fingerprint density at radius 1 is 1.07 bits per heavy atom. The molecule has 2 aromatic rings. The Hall–Kier alpha value is -3.81. The third-order valence-electron chi connectivity index (χ3n) is 4.15. The second kappa shape index (κ2) is 8.69. The largest absolute Gasteiger partial charge is 0.508 e. The Labute approximate surface area is 173 Å². The maximum Gasteiger partial charge on any atom is 0.335 e. The molecule has 8 heteroatoms. The van der Waals surface area contributed by atoms with E-state index in [1.165, 1.54) is 30.3 Å². The van der Waals surface area contributed by atoms with Crippen LogP contribution in [-0.4, -0.2) is 35.7 Å². The Morgan fingerprint density at radius 3 is 2.40 bits per heavy atom. The smallest absolute Gasteiger partial charge is 0.335 e. The zero-order valence-electron chi connectivity index (χ0n) is 16.8. The predicted octanol–water partition coefficient (Wildman–Crippen LogP) is 3.24. The number of carbonyl (C=O) groups excluding carboxylic acids is 3. The fourth-order valence-electron chi connectivity index (χ4n) is 2.89. The molecule has 4 amide bonds. The van der Waals surface area contributed by atoms with Crippen LogP contribution in [0.15, 0.2) is 48.0 Å². The topological polar surface area (TPSA) is 105 Å². The number of nitrogens with one attached hydrogen (secondary N) is 1. The van der Waals surface area contributed by atoms with Crippen molar-refractivity contribution in [3.63, 3.8) is 0 Å². The lowest BCUT2D eigenvalue weighted by Gasteiger charge is -2.26. The van der Waals surface area contributed by atoms with E-state index in [4.69, 9.17) is 9.47 Å². The van der Waals surface area contributed by atoms with Crippen LogP contribution in [0.25, 0.3) is 6.08 Å². The highest BCUT2D eigenvalue weighted by atomic mass is 16.5. The number of barbiturate groups is 1. The fourth-order valence-corrected chi connectivity index (χ4v) is 2.89. The van der Waals surface area contributed by atoms with Gasteiger partial charge >= 0.3 is 6.03 Å². The standard InChI is InChI=1S/C22H22N2O6/c1-4-29-19-12-14(5-10-18(19)30-13(2)3)11-17-20(26)23-22(28)24(21(17)27)15-6-8-16(25)9-7-15/h5-13,25H,4H2,1-3H3,(H,23,26,28)/b17-11+. The number of benzene rings is 2. The van der Waals surface area contributed by atoms with Crippen LogP contribution in [0.2, 0.25) is 0 Å². The molecule has 0 aliphatic carbocycles. The Bertz CT molecular complexity index is 1010. The molecule has 1 fully saturated rings. The van der Waals surface area contributed by atoms with Crippen molar-refractivity contribution >= 4 is 29.6 Å². The van der Waals surface area contributed by atoms with E-state index >= 15 is 0 Å². The molecule has 1 heterocycles. The van der Waals surface area contributed by atoms with Crippen molar-refractivity contribution < 1.29 is 29.0 Å². The first kappa shape index (κ1) is 20.9. The van der Waals surface area contributed by atoms with Crippen LogP contribution in [0, 0.1) is 0 Å². The molecule has 156 valence electrons. The SMILES string of the molecule is CCOc1cc(/C=C2\C(=O)NC(=O)N(c3ccc(O)cc3)C2=O)ccc1OC(C)C. The highest BCUT2D eigenvalue weighted by Gasteiger charge is 2.36. The molecule has 3 rings (SSSR count). The van der Waals surface area contributed by atoms with Gasteiger partial charge in [0.05, 0.1) is 18.4 Å². The molecule has 2 aromatic carbocycles. The van der Waals surface area contributed by atoms with Gasteiger partial charge in [0.2, 0.25) is 0 Å². The maximum absolute atomic E-state index is 12.9. The zero-order chi connectivity index (χ0) is 21.8. The molecule has 1 aliphatic heterocycles. The van der Waals surface area contributed by atoms with E-state index in [-0.39, 0.29) is 23.1 Å². The molecule has 0 radical (unpaired) electrons. The summed E-state index contributed by atoms with van der Waals surface area (Å²) in [5.74, 6) is -0.539. The van der Waals surface area contributed by atoms with E-state index in [9.17, 15) is 19.5 Å². The van der Waals surface area contributed by atoms with Crippen LogP contribution in [0.5, 0.6) is 17.2 Å². The van der Waals surface area contributed by atoms with Gasteiger partial charge in [-0.2, -0.15) is 0 Å². The van der Waals surface area contributed by atoms with Gasteiger partial charge in [0.1, 0.15) is 11.3 Å². The lowest BCUT2D eigenvalue weighted by atomic mass is 10.1. The summed E-state index contributed by atoms with van der Waals surface area (Å²) in [5, 5.41) is 11.6. The van der Waals surface area contributed by atoms with E-state index in [0.29, 0.717) is 23.7 Å². The maximum atomic E-state index is 12.9. The summed E-state index contributed by atoms with van der Waals surface area (Å²) in [5.41, 5.74) is 0.556. The van der Waals surface area contributed by atoms with Crippen LogP contribution in [-0.2, 0) is 9.59 Å². The minimum absolute atomic E-state index is 0.0115. The van der Waals surface area contributed by atoms with E-state index in [1.54, 1.807) is 18.2 Å². The van der Waals surface area contributed by atoms with Gasteiger partial charge in [0, 0.05) is 0 Å². The molecule has 30 heavy (non-hydrogen) atoms. The minimum atomic E-state index is -0.858. The molecule has 0 spiro atoms. The molecule has 0 aromatic heterocycles. The lowest BCUT2D eigenvalue weighted by molar-refractivity contribution is -0.122. The van der Waals surface area contributed by atoms with Gasteiger partial charge in [-0.05, 0) is 68.8 Å². The van der Waals surface area contributed by atoms with Gasteiger partial charge in [-0.3, -0.25) is 14.9 Å². The van der Waals surface area contributed by atoms with Crippen molar-refractivity contribution in [2.24, 2.45) is 0 Å². The summed E-state index contributed by atoms with van der Waals surface area (Å²) in [7, 11) is 0. The van der Waals surface area contributed by atoms with Crippen molar-refractivity contribution in [3.8, 4) is 17.2 Å². The third kappa shape index (κ3) is 4.43. The molecule has 1 saturated heterocycles. The number of imide groups is 2. The number of amides is 4. The van der Waals surface area contributed by atoms with Gasteiger partial charge < -0.3 is 14.6 Å². The molecule has 0 bridgehead atoms. The fraction of sp³-hybridized carbons (Fsp3) is 0.227. The van der Waals surface area contributed by atoms with Gasteiger partial charge in [-0.1, -0.05) is 6.07 Å². The van der Waals surface area contributed by atoms with Crippen LogP contribution >= 0.6 is 0 Å². The van der Waals surface area contributed by atoms with E-state index in [0.717, 1.165) is 4.90 Å². The van der Waals surface area contributed by atoms with Gasteiger partial charge in [-0.15, -0.1) is 0 Å². The normalized spacial score (nSPS) is 15.5. The molecule has 0 atom stereocenters. The van der Waals surface area contributed by atoms with Crippen molar-refractivity contribution in [1.29, 1.82) is 0 Å². The van der Waals surface area contributed by atoms with Crippen molar-refractivity contribution in [2.45, 2.75) is 26.9 Å². The highest BCUT2D eigenvalue weighted by molar-refractivity contribution is 6.39. The summed E-state index contributed by atoms with van der Waals surface area (Å²) in [6.45, 7) is 6.04. The molecule has 2 N–H and O–H groups in total. The Morgan fingerprint density at radius 2 is 1.77 bits per heavy atom. The van der Waals surface area contributed by atoms with Crippen molar-refractivity contribution in [3.05, 3.63) is 53.6 Å². The number of urea groups is 1. The average Bonchev–Trinajstić information content (AvgIpc) is 2.68. The summed E-state index contributed by atoms with van der Waals surface area (Å²) in [4.78, 5) is 38.3. The number of rotatable bonds is 6. The molecule has 0 unspecified atom stereocenters. The van der Waals surface area contributed by atoms with Gasteiger partial charge in [0.15, 0.2) is 11.5 Å². The summed E-state index contributed by atoms with van der Waals surface area (Å²) in [6, 6.07) is 9.70. The first-order valence-corrected chi connectivity index (χ1v) is 9.44. The molecule has 1 aliphatic rings. The van der Waals surface area contributed by atoms with Crippen LogP contribution in [0.1, 0.15) is 26.3 Å². The number of hydrogen-bond acceptors (Lipinski definition) is 6. The Kier molecular flexibility index (Phi) is 6.06. The first-order chi connectivity index (χ1) is 14.3. The highest BCUT2D eigenvalue weighted by Crippen LogP contribution is 2.31. The number of carbonyl (C=O) groups is 3. The van der Waals surface area contributed by atoms with Gasteiger partial charge in [0.25, 0.3) is 11.8 Å². The van der Waals surface area contributed by atoms with Crippen LogP contribution in [0.3, 0.4) is 0 Å². The average molecular weight is 410 g/mol. The monoisotopic (exact) mass is 410 g/mol. The van der Waals surface area contributed by atoms with Crippen LogP contribution < -0.4 is 19.7 Å². The van der Waals surface area contributed by atoms with Crippen molar-refractivity contribution in [1.82, 2.24) is 5.32 Å². The van der Waals surface area contributed by atoms with Crippen molar-refractivity contribution in [2.75, 3.05) is 11.5 Å². The number of phenols is 1. The van der Waals surface area contributed by atoms with E-state index in [1.807, 2.05) is 20.8 Å². The third-order valence-corrected chi connectivity index (χ3v) is 4.15. The number of hydrogen-bond donors (Lipinski definition) is 2. The lowest BCUT2D eigenvalue weighted by Crippen LogP contribution is -2.54. The predicted molar refractivity (Wildman–Crippen MR) is 110 cm³/mol. The quantitative estimate of drug-likeness (QED) is 0.560. The second-order valence-corrected chi connectivity index (χ2v) is 6.78. The summed E-state index contributed by atoms with van der Waals surface area (Å²) >= 11 is 0. The first-order valence-electron chi connectivity index (χ1n) is 9.44.